The van der Waals surface area contributed by atoms with Gasteiger partial charge in [0.15, 0.2) is 12.4 Å². The summed E-state index contributed by atoms with van der Waals surface area (Å²) >= 11 is 0. The number of hydrogen-bond acceptors (Lipinski definition) is 8. The summed E-state index contributed by atoms with van der Waals surface area (Å²) in [5, 5.41) is 14.4. The number of fused-ring (bicyclic) bond motifs is 1. The van der Waals surface area contributed by atoms with Crippen LogP contribution in [-0.4, -0.2) is 67.9 Å². The van der Waals surface area contributed by atoms with Gasteiger partial charge in [-0.2, -0.15) is 4.31 Å². The molecule has 0 unspecified atom stereocenters. The summed E-state index contributed by atoms with van der Waals surface area (Å²) in [5.41, 5.74) is -0.916. The molecular formula is C22H24N4O8S. The zero-order chi connectivity index (χ0) is 25.4. The minimum atomic E-state index is -3.96. The van der Waals surface area contributed by atoms with E-state index in [9.17, 15) is 28.1 Å². The van der Waals surface area contributed by atoms with E-state index in [0.717, 1.165) is 12.1 Å². The monoisotopic (exact) mass is 504 g/mol. The molecule has 1 fully saturated rings. The number of anilines is 2. The summed E-state index contributed by atoms with van der Waals surface area (Å²) in [6, 6.07) is 10.0. The molecule has 0 atom stereocenters. The Labute approximate surface area is 201 Å². The van der Waals surface area contributed by atoms with Gasteiger partial charge >= 0.3 is 5.69 Å². The molecule has 2 amide bonds. The molecule has 2 aromatic carbocycles. The lowest BCUT2D eigenvalue weighted by Crippen LogP contribution is -2.59. The summed E-state index contributed by atoms with van der Waals surface area (Å²) in [4.78, 5) is 37.7. The van der Waals surface area contributed by atoms with Crippen molar-refractivity contribution in [2.45, 2.75) is 24.3 Å². The second-order valence-corrected chi connectivity index (χ2v) is 10.4. The van der Waals surface area contributed by atoms with Crippen molar-refractivity contribution in [1.82, 2.24) is 4.31 Å². The molecule has 0 aromatic heterocycles. The third-order valence-electron chi connectivity index (χ3n) is 5.84. The predicted molar refractivity (Wildman–Crippen MR) is 125 cm³/mol. The van der Waals surface area contributed by atoms with Crippen molar-refractivity contribution < 1.29 is 32.4 Å². The maximum absolute atomic E-state index is 13.1. The molecule has 1 saturated heterocycles. The molecule has 2 heterocycles. The number of hydrogen-bond donors (Lipinski definition) is 1. The van der Waals surface area contributed by atoms with Crippen LogP contribution in [0.1, 0.15) is 13.8 Å². The normalized spacial score (nSPS) is 17.9. The number of rotatable bonds is 6. The Bertz CT molecular complexity index is 1290. The molecule has 0 radical (unpaired) electrons. The van der Waals surface area contributed by atoms with Gasteiger partial charge in [-0.25, -0.2) is 8.42 Å². The van der Waals surface area contributed by atoms with Crippen molar-refractivity contribution in [3.8, 4) is 5.75 Å². The molecule has 2 aliphatic rings. The highest BCUT2D eigenvalue weighted by Crippen LogP contribution is 2.37. The van der Waals surface area contributed by atoms with Crippen LogP contribution in [0.4, 0.5) is 17.1 Å². The molecule has 186 valence electrons. The number of sulfonamides is 1. The quantitative estimate of drug-likeness (QED) is 0.462. The number of benzene rings is 2. The van der Waals surface area contributed by atoms with Crippen LogP contribution < -0.4 is 15.0 Å². The van der Waals surface area contributed by atoms with Gasteiger partial charge in [0.05, 0.1) is 34.4 Å². The Morgan fingerprint density at radius 1 is 1.20 bits per heavy atom. The van der Waals surface area contributed by atoms with E-state index in [1.807, 2.05) is 0 Å². The number of nitro benzene ring substituents is 1. The average molecular weight is 505 g/mol. The third-order valence-corrected chi connectivity index (χ3v) is 7.74. The summed E-state index contributed by atoms with van der Waals surface area (Å²) in [7, 11) is -3.96. The van der Waals surface area contributed by atoms with Crippen LogP contribution in [0.25, 0.3) is 0 Å². The predicted octanol–water partition coefficient (Wildman–Crippen LogP) is 1.76. The molecule has 4 rings (SSSR count). The highest BCUT2D eigenvalue weighted by Gasteiger charge is 2.43. The van der Waals surface area contributed by atoms with Crippen LogP contribution in [0.3, 0.4) is 0 Å². The molecule has 0 aliphatic carbocycles. The maximum Gasteiger partial charge on any atom is 0.312 e. The van der Waals surface area contributed by atoms with Crippen LogP contribution in [0, 0.1) is 10.1 Å². The van der Waals surface area contributed by atoms with E-state index in [4.69, 9.17) is 9.47 Å². The van der Waals surface area contributed by atoms with Crippen molar-refractivity contribution in [2.24, 2.45) is 0 Å². The Morgan fingerprint density at radius 3 is 2.57 bits per heavy atom. The fraction of sp³-hybridized carbons (Fsp3) is 0.364. The number of nitrogens with zero attached hydrogens (tertiary/aromatic N) is 3. The Hall–Kier alpha value is -3.55. The number of carbonyl (C=O) groups is 2. The van der Waals surface area contributed by atoms with E-state index in [0.29, 0.717) is 11.4 Å². The van der Waals surface area contributed by atoms with E-state index in [1.54, 1.807) is 38.1 Å². The summed E-state index contributed by atoms with van der Waals surface area (Å²) in [6.07, 6.45) is 0. The Morgan fingerprint density at radius 2 is 1.89 bits per heavy atom. The standard InChI is InChI=1S/C22H24N4O8S/c1-22(2)21(28)23-16-5-3-4-6-17(16)25(22)20(27)14-34-19-8-7-15(13-18(19)26(29)30)35(31,32)24-9-11-33-12-10-24/h3-8,13H,9-12,14H2,1-2H3,(H,23,28). The SMILES string of the molecule is CC1(C)C(=O)Nc2ccccc2N1C(=O)COc1ccc(S(=O)(=O)N2CCOCC2)cc1[N+](=O)[O-]. The van der Waals surface area contributed by atoms with Gasteiger partial charge in [-0.3, -0.25) is 24.6 Å². The minimum absolute atomic E-state index is 0.142. The Balaban J connectivity index is 1.58. The van der Waals surface area contributed by atoms with Gasteiger partial charge in [-0.15, -0.1) is 0 Å². The smallest absolute Gasteiger partial charge is 0.312 e. The highest BCUT2D eigenvalue weighted by molar-refractivity contribution is 7.89. The first-order valence-corrected chi connectivity index (χ1v) is 12.2. The van der Waals surface area contributed by atoms with Crippen LogP contribution in [0.2, 0.25) is 0 Å². The van der Waals surface area contributed by atoms with E-state index in [2.05, 4.69) is 5.32 Å². The zero-order valence-electron chi connectivity index (χ0n) is 19.1. The molecule has 1 N–H and O–H groups in total. The number of ether oxygens (including phenoxy) is 2. The first kappa shape index (κ1) is 24.6. The van der Waals surface area contributed by atoms with E-state index < -0.39 is 44.6 Å². The second kappa shape index (κ2) is 9.24. The fourth-order valence-electron chi connectivity index (χ4n) is 3.96. The summed E-state index contributed by atoms with van der Waals surface area (Å²) in [5.74, 6) is -1.26. The lowest BCUT2D eigenvalue weighted by Gasteiger charge is -2.41. The average Bonchev–Trinajstić information content (AvgIpc) is 2.83. The number of para-hydroxylation sites is 2. The lowest BCUT2D eigenvalue weighted by atomic mass is 9.96. The van der Waals surface area contributed by atoms with Gasteiger partial charge in [0.2, 0.25) is 15.9 Å². The molecule has 0 saturated carbocycles. The molecule has 2 aliphatic heterocycles. The highest BCUT2D eigenvalue weighted by atomic mass is 32.2. The molecular weight excluding hydrogens is 480 g/mol. The van der Waals surface area contributed by atoms with Gasteiger partial charge < -0.3 is 14.8 Å². The summed E-state index contributed by atoms with van der Waals surface area (Å²) < 4.78 is 37.6. The third kappa shape index (κ3) is 4.57. The zero-order valence-corrected chi connectivity index (χ0v) is 19.9. The molecule has 0 bridgehead atoms. The largest absolute Gasteiger partial charge is 0.477 e. The van der Waals surface area contributed by atoms with Crippen molar-refractivity contribution in [3.05, 3.63) is 52.6 Å². The molecule has 35 heavy (non-hydrogen) atoms. The van der Waals surface area contributed by atoms with Gasteiger partial charge in [-0.1, -0.05) is 12.1 Å². The van der Waals surface area contributed by atoms with Crippen molar-refractivity contribution in [2.75, 3.05) is 43.1 Å². The van der Waals surface area contributed by atoms with E-state index in [-0.39, 0.29) is 36.9 Å². The first-order chi connectivity index (χ1) is 16.5. The van der Waals surface area contributed by atoms with Crippen LogP contribution in [0.5, 0.6) is 5.75 Å². The molecule has 12 nitrogen and oxygen atoms in total. The number of nitro groups is 1. The van der Waals surface area contributed by atoms with Gasteiger partial charge in [0.25, 0.3) is 5.91 Å². The minimum Gasteiger partial charge on any atom is -0.477 e. The van der Waals surface area contributed by atoms with Crippen LogP contribution in [-0.2, 0) is 24.3 Å². The number of morpholine rings is 1. The molecule has 0 spiro atoms. The van der Waals surface area contributed by atoms with Crippen LogP contribution in [0.15, 0.2) is 47.4 Å². The number of carbonyl (C=O) groups excluding carboxylic acids is 2. The fourth-order valence-corrected chi connectivity index (χ4v) is 5.39. The number of nitrogens with one attached hydrogen (secondary N) is 1. The van der Waals surface area contributed by atoms with Gasteiger partial charge in [-0.05, 0) is 38.1 Å². The van der Waals surface area contributed by atoms with Gasteiger partial charge in [0, 0.05) is 19.2 Å². The van der Waals surface area contributed by atoms with E-state index >= 15 is 0 Å². The van der Waals surface area contributed by atoms with Crippen molar-refractivity contribution in [1.29, 1.82) is 0 Å². The van der Waals surface area contributed by atoms with Gasteiger partial charge in [0.1, 0.15) is 5.54 Å². The summed E-state index contributed by atoms with van der Waals surface area (Å²) in [6.45, 7) is 3.29. The number of amides is 2. The second-order valence-electron chi connectivity index (χ2n) is 8.45. The maximum atomic E-state index is 13.1. The first-order valence-electron chi connectivity index (χ1n) is 10.8. The molecule has 13 heteroatoms. The van der Waals surface area contributed by atoms with Crippen molar-refractivity contribution in [3.63, 3.8) is 0 Å². The topological polar surface area (TPSA) is 148 Å². The van der Waals surface area contributed by atoms with E-state index in [1.165, 1.54) is 15.3 Å². The Kier molecular flexibility index (Phi) is 6.49. The lowest BCUT2D eigenvalue weighted by molar-refractivity contribution is -0.386. The molecule has 2 aromatic rings. The van der Waals surface area contributed by atoms with Crippen molar-refractivity contribution >= 4 is 38.9 Å². The van der Waals surface area contributed by atoms with Crippen LogP contribution >= 0.6 is 0 Å².